The molecule has 4 rings (SSSR count). The van der Waals surface area contributed by atoms with Crippen LogP contribution in [0.15, 0.2) is 18.2 Å². The molecule has 1 aromatic carbocycles. The zero-order chi connectivity index (χ0) is 20.7. The van der Waals surface area contributed by atoms with Gasteiger partial charge in [0.15, 0.2) is 0 Å². The highest BCUT2D eigenvalue weighted by molar-refractivity contribution is 6.00. The number of imide groups is 1. The lowest BCUT2D eigenvalue weighted by Gasteiger charge is -2.23. The standard InChI is InChI=1S/C23H28N4O2/c1-14-18-9-8-17(26(3)13-16-6-4-5-7-20(16)24)12-19(18)15(2)27(14)21-10-11-22(28)25-23(21)29/h8-9,12-13,16,20-21H,1-2,4-7,10-11,24H2,3H3/p+1/t16?,20-,21?/m1/s1. The summed E-state index contributed by atoms with van der Waals surface area (Å²) >= 11 is 0. The van der Waals surface area contributed by atoms with Crippen LogP contribution in [0.4, 0.5) is 5.69 Å². The molecule has 1 aliphatic heterocycles. The van der Waals surface area contributed by atoms with Gasteiger partial charge in [-0.1, -0.05) is 26.0 Å². The van der Waals surface area contributed by atoms with E-state index in [9.17, 15) is 9.59 Å². The monoisotopic (exact) mass is 393 g/mol. The molecule has 2 heterocycles. The Balaban J connectivity index is 1.72. The van der Waals surface area contributed by atoms with Crippen molar-refractivity contribution >= 4 is 47.6 Å². The topological polar surface area (TPSA) is 80.1 Å². The van der Waals surface area contributed by atoms with Gasteiger partial charge >= 0.3 is 0 Å². The number of carbonyl (C=O) groups is 2. The van der Waals surface area contributed by atoms with Gasteiger partial charge in [0.05, 0.1) is 5.92 Å². The van der Waals surface area contributed by atoms with Crippen LogP contribution < -0.4 is 21.7 Å². The van der Waals surface area contributed by atoms with E-state index in [0.29, 0.717) is 18.8 Å². The molecule has 29 heavy (non-hydrogen) atoms. The summed E-state index contributed by atoms with van der Waals surface area (Å²) in [6.45, 7) is 8.43. The second-order valence-electron chi connectivity index (χ2n) is 8.33. The third-order valence-corrected chi connectivity index (χ3v) is 6.43. The Morgan fingerprint density at radius 3 is 2.59 bits per heavy atom. The molecule has 152 valence electrons. The minimum Gasteiger partial charge on any atom is -0.329 e. The maximum absolute atomic E-state index is 12.4. The third kappa shape index (κ3) is 3.53. The minimum absolute atomic E-state index is 0.221. The van der Waals surface area contributed by atoms with Crippen LogP contribution in [0.2, 0.25) is 0 Å². The lowest BCUT2D eigenvalue weighted by atomic mass is 9.86. The zero-order valence-corrected chi connectivity index (χ0v) is 17.0. The molecule has 0 radical (unpaired) electrons. The van der Waals surface area contributed by atoms with E-state index >= 15 is 0 Å². The summed E-state index contributed by atoms with van der Waals surface area (Å²) in [5.41, 5.74) is 7.36. The highest BCUT2D eigenvalue weighted by atomic mass is 16.2. The Hall–Kier alpha value is -2.73. The molecule has 1 saturated carbocycles. The summed E-state index contributed by atoms with van der Waals surface area (Å²) in [5.74, 6) is -0.118. The van der Waals surface area contributed by atoms with E-state index < -0.39 is 6.04 Å². The van der Waals surface area contributed by atoms with Crippen molar-refractivity contribution in [1.29, 1.82) is 0 Å². The molecule has 0 spiro atoms. The van der Waals surface area contributed by atoms with Gasteiger partial charge in [0.25, 0.3) is 0 Å². The Bertz CT molecular complexity index is 1110. The molecule has 6 nitrogen and oxygen atoms in total. The first kappa shape index (κ1) is 19.6. The molecule has 2 aliphatic rings. The highest BCUT2D eigenvalue weighted by Gasteiger charge is 2.29. The third-order valence-electron chi connectivity index (χ3n) is 6.43. The lowest BCUT2D eigenvalue weighted by molar-refractivity contribution is -0.402. The predicted molar refractivity (Wildman–Crippen MR) is 115 cm³/mol. The van der Waals surface area contributed by atoms with Crippen molar-refractivity contribution in [3.63, 3.8) is 0 Å². The number of carbonyl (C=O) groups excluding carboxylic acids is 2. The molecule has 1 aliphatic carbocycles. The molecule has 0 bridgehead atoms. The van der Waals surface area contributed by atoms with Crippen LogP contribution >= 0.6 is 0 Å². The molecule has 2 amide bonds. The van der Waals surface area contributed by atoms with Gasteiger partial charge in [0.1, 0.15) is 19.3 Å². The molecule has 2 aromatic rings. The Labute approximate surface area is 170 Å². The van der Waals surface area contributed by atoms with Gasteiger partial charge in [-0.05, 0) is 25.3 Å². The summed E-state index contributed by atoms with van der Waals surface area (Å²) in [6, 6.07) is 5.97. The van der Waals surface area contributed by atoms with Gasteiger partial charge < -0.3 is 10.3 Å². The second kappa shape index (κ2) is 7.59. The number of fused-ring (bicyclic) bond motifs is 1. The van der Waals surface area contributed by atoms with Gasteiger partial charge in [0, 0.05) is 46.1 Å². The fourth-order valence-electron chi connectivity index (χ4n) is 4.72. The van der Waals surface area contributed by atoms with E-state index in [1.165, 1.54) is 12.8 Å². The first-order chi connectivity index (χ1) is 13.9. The van der Waals surface area contributed by atoms with Crippen LogP contribution in [-0.2, 0) is 9.59 Å². The number of nitrogens with zero attached hydrogens (tertiary/aromatic N) is 2. The highest BCUT2D eigenvalue weighted by Crippen LogP contribution is 2.24. The predicted octanol–water partition coefficient (Wildman–Crippen LogP) is 1.30. The van der Waals surface area contributed by atoms with E-state index in [0.717, 1.165) is 40.0 Å². The largest absolute Gasteiger partial charge is 0.329 e. The van der Waals surface area contributed by atoms with E-state index in [2.05, 4.69) is 41.4 Å². The summed E-state index contributed by atoms with van der Waals surface area (Å²) in [5, 5.41) is 5.89. The smallest absolute Gasteiger partial charge is 0.249 e. The van der Waals surface area contributed by atoms with Gasteiger partial charge in [-0.3, -0.25) is 14.9 Å². The summed E-state index contributed by atoms with van der Waals surface area (Å²) in [6.07, 6.45) is 7.68. The number of nitrogens with two attached hydrogens (primary N) is 1. The summed E-state index contributed by atoms with van der Waals surface area (Å²) < 4.78 is 4.01. The van der Waals surface area contributed by atoms with Crippen molar-refractivity contribution in [3.8, 4) is 0 Å². The van der Waals surface area contributed by atoms with Crippen LogP contribution in [0.1, 0.15) is 44.6 Å². The van der Waals surface area contributed by atoms with Crippen LogP contribution in [-0.4, -0.2) is 40.3 Å². The Morgan fingerprint density at radius 1 is 1.14 bits per heavy atom. The van der Waals surface area contributed by atoms with Crippen molar-refractivity contribution in [1.82, 2.24) is 9.88 Å². The van der Waals surface area contributed by atoms with Crippen molar-refractivity contribution in [2.45, 2.75) is 50.6 Å². The summed E-state index contributed by atoms with van der Waals surface area (Å²) in [7, 11) is 2.05. The molecular formula is C23H29N4O2+. The number of nitrogens with one attached hydrogen (secondary N) is 1. The molecular weight excluding hydrogens is 364 g/mol. The molecule has 1 aromatic heterocycles. The number of piperidine rings is 1. The van der Waals surface area contributed by atoms with Gasteiger partial charge in [0.2, 0.25) is 17.5 Å². The number of hydrogen-bond donors (Lipinski definition) is 2. The average Bonchev–Trinajstić information content (AvgIpc) is 2.94. The van der Waals surface area contributed by atoms with Gasteiger partial charge in [-0.2, -0.15) is 0 Å². The maximum atomic E-state index is 12.4. The normalized spacial score (nSPS) is 26.0. The Kier molecular flexibility index (Phi) is 5.13. The average molecular weight is 394 g/mol. The minimum atomic E-state index is -0.451. The number of hydrogen-bond acceptors (Lipinski definition) is 3. The van der Waals surface area contributed by atoms with E-state index in [1.807, 2.05) is 17.7 Å². The van der Waals surface area contributed by atoms with E-state index in [4.69, 9.17) is 5.73 Å². The van der Waals surface area contributed by atoms with E-state index in [1.54, 1.807) is 0 Å². The van der Waals surface area contributed by atoms with Crippen LogP contribution in [0.5, 0.6) is 0 Å². The molecule has 1 saturated heterocycles. The quantitative estimate of drug-likeness (QED) is 0.469. The zero-order valence-electron chi connectivity index (χ0n) is 17.0. The van der Waals surface area contributed by atoms with Crippen molar-refractivity contribution in [2.75, 3.05) is 7.05 Å². The second-order valence-corrected chi connectivity index (χ2v) is 8.33. The number of rotatable bonds is 3. The number of benzene rings is 1. The number of amides is 2. The van der Waals surface area contributed by atoms with E-state index in [-0.39, 0.29) is 17.9 Å². The molecule has 3 N–H and O–H groups in total. The Morgan fingerprint density at radius 2 is 1.86 bits per heavy atom. The maximum Gasteiger partial charge on any atom is 0.249 e. The number of aromatic nitrogens is 1. The molecule has 6 heteroatoms. The summed E-state index contributed by atoms with van der Waals surface area (Å²) in [4.78, 5) is 23.9. The fraction of sp³-hybridized carbons (Fsp3) is 0.435. The first-order valence-electron chi connectivity index (χ1n) is 10.4. The van der Waals surface area contributed by atoms with Crippen molar-refractivity contribution in [2.24, 2.45) is 11.7 Å². The van der Waals surface area contributed by atoms with Gasteiger partial charge in [-0.25, -0.2) is 4.58 Å². The van der Waals surface area contributed by atoms with Crippen molar-refractivity contribution < 1.29 is 14.2 Å². The van der Waals surface area contributed by atoms with Crippen LogP contribution in [0.25, 0.3) is 23.9 Å². The van der Waals surface area contributed by atoms with Gasteiger partial charge in [-0.15, -0.1) is 0 Å². The van der Waals surface area contributed by atoms with Crippen LogP contribution in [0.3, 0.4) is 0 Å². The lowest BCUT2D eigenvalue weighted by Crippen LogP contribution is -2.46. The first-order valence-corrected chi connectivity index (χ1v) is 10.4. The molecule has 3 atom stereocenters. The van der Waals surface area contributed by atoms with Crippen molar-refractivity contribution in [3.05, 3.63) is 28.9 Å². The van der Waals surface area contributed by atoms with Crippen LogP contribution in [0, 0.1) is 5.92 Å². The molecule has 2 fully saturated rings. The molecule has 2 unspecified atom stereocenters. The fourth-order valence-corrected chi connectivity index (χ4v) is 4.72. The SMILES string of the molecule is C=c1c2ccc([N+](C)=CC3CCCC[C@H]3N)cc2c(=C)n1C1CCC(=O)NC1=O.